The van der Waals surface area contributed by atoms with Gasteiger partial charge in [0.15, 0.2) is 0 Å². The number of rotatable bonds is 5. The van der Waals surface area contributed by atoms with Crippen molar-refractivity contribution in [3.05, 3.63) is 58.1 Å². The average molecular weight is 359 g/mol. The second-order valence-corrected chi connectivity index (χ2v) is 7.09. The van der Waals surface area contributed by atoms with Crippen LogP contribution in [-0.2, 0) is 14.8 Å². The fourth-order valence-corrected chi connectivity index (χ4v) is 3.00. The molecule has 116 valence electrons. The Morgan fingerprint density at radius 3 is 2.23 bits per heavy atom. The number of anilines is 1. The van der Waals surface area contributed by atoms with Crippen LogP contribution in [0.25, 0.3) is 0 Å². The molecule has 0 bridgehead atoms. The molecule has 2 aromatic carbocycles. The largest absolute Gasteiger partial charge is 0.284 e. The molecule has 2 aromatic rings. The van der Waals surface area contributed by atoms with Crippen LogP contribution in [0.3, 0.4) is 0 Å². The number of sulfonamides is 1. The highest BCUT2D eigenvalue weighted by Crippen LogP contribution is 2.26. The molecular weight excluding hydrogens is 347 g/mol. The van der Waals surface area contributed by atoms with Gasteiger partial charge in [0.2, 0.25) is 6.41 Å². The summed E-state index contributed by atoms with van der Waals surface area (Å²) in [5.41, 5.74) is 3.71. The van der Waals surface area contributed by atoms with E-state index in [1.54, 1.807) is 12.1 Å². The predicted molar refractivity (Wildman–Crippen MR) is 86.4 cm³/mol. The van der Waals surface area contributed by atoms with Gasteiger partial charge in [-0.25, -0.2) is 0 Å². The summed E-state index contributed by atoms with van der Waals surface area (Å²) in [6, 6.07) is 10.6. The second kappa shape index (κ2) is 6.56. The minimum Gasteiger partial charge on any atom is -0.282 e. The van der Waals surface area contributed by atoms with Gasteiger partial charge in [-0.3, -0.25) is 10.2 Å². The Morgan fingerprint density at radius 1 is 1.05 bits per heavy atom. The molecule has 1 N–H and O–H groups in total. The Kier molecular flexibility index (Phi) is 4.95. The number of hydrazine groups is 1. The molecule has 0 aromatic heterocycles. The molecule has 22 heavy (non-hydrogen) atoms. The highest BCUT2D eigenvalue weighted by molar-refractivity contribution is 7.89. The van der Waals surface area contributed by atoms with Crippen molar-refractivity contribution in [2.45, 2.75) is 11.8 Å². The number of carbonyl (C=O) groups excluding carboxylic acids is 1. The lowest BCUT2D eigenvalue weighted by Gasteiger charge is -2.19. The zero-order chi connectivity index (χ0) is 16.3. The summed E-state index contributed by atoms with van der Waals surface area (Å²) in [5, 5.41) is 0.566. The molecule has 0 saturated carbocycles. The van der Waals surface area contributed by atoms with Crippen molar-refractivity contribution < 1.29 is 13.2 Å². The van der Waals surface area contributed by atoms with Gasteiger partial charge < -0.3 is 0 Å². The quantitative estimate of drug-likeness (QED) is 0.656. The number of nitrogens with one attached hydrogen (secondary N) is 1. The first-order valence-corrected chi connectivity index (χ1v) is 8.32. The monoisotopic (exact) mass is 358 g/mol. The highest BCUT2D eigenvalue weighted by atomic mass is 35.5. The number of carbonyl (C=O) groups is 1. The minimum absolute atomic E-state index is 0.00207. The number of benzene rings is 2. The summed E-state index contributed by atoms with van der Waals surface area (Å²) in [4.78, 5) is 11.2. The van der Waals surface area contributed by atoms with Crippen LogP contribution in [-0.4, -0.2) is 19.2 Å². The molecule has 0 spiro atoms. The molecule has 2 rings (SSSR count). The van der Waals surface area contributed by atoms with Gasteiger partial charge in [-0.1, -0.05) is 40.9 Å². The Labute approximate surface area is 138 Å². The van der Waals surface area contributed by atoms with Gasteiger partial charge in [0.25, 0.3) is 10.0 Å². The third kappa shape index (κ3) is 3.52. The smallest absolute Gasteiger partial charge is 0.282 e. The van der Waals surface area contributed by atoms with Gasteiger partial charge in [-0.05, 0) is 37.3 Å². The summed E-state index contributed by atoms with van der Waals surface area (Å²) in [5.74, 6) is 0. The van der Waals surface area contributed by atoms with Crippen LogP contribution in [0.2, 0.25) is 10.0 Å². The SMILES string of the molecule is Cc1ccc(S(=O)(=O)N(C=O)Nc2ccc(Cl)c(Cl)c2)cc1. The lowest BCUT2D eigenvalue weighted by atomic mass is 10.2. The van der Waals surface area contributed by atoms with Gasteiger partial charge in [0, 0.05) is 0 Å². The van der Waals surface area contributed by atoms with Crippen LogP contribution in [0.5, 0.6) is 0 Å². The third-order valence-corrected chi connectivity index (χ3v) is 5.13. The summed E-state index contributed by atoms with van der Waals surface area (Å²) in [6.07, 6.45) is 0.178. The lowest BCUT2D eigenvalue weighted by molar-refractivity contribution is -0.113. The van der Waals surface area contributed by atoms with E-state index in [4.69, 9.17) is 23.2 Å². The summed E-state index contributed by atoms with van der Waals surface area (Å²) >= 11 is 11.7. The Bertz CT molecular complexity index is 792. The number of amides is 1. The first kappa shape index (κ1) is 16.6. The standard InChI is InChI=1S/C14H12Cl2N2O3S/c1-10-2-5-12(6-3-10)22(20,21)18(9-19)17-11-4-7-13(15)14(16)8-11/h2-9,17H,1H3. The summed E-state index contributed by atoms with van der Waals surface area (Å²) < 4.78 is 25.3. The number of hydrogen-bond acceptors (Lipinski definition) is 4. The van der Waals surface area contributed by atoms with Gasteiger partial charge in [-0.15, -0.1) is 4.41 Å². The predicted octanol–water partition coefficient (Wildman–Crippen LogP) is 3.48. The van der Waals surface area contributed by atoms with Crippen molar-refractivity contribution in [2.75, 3.05) is 5.43 Å². The van der Waals surface area contributed by atoms with Crippen LogP contribution in [0.1, 0.15) is 5.56 Å². The maximum Gasteiger partial charge on any atom is 0.284 e. The molecule has 0 aliphatic carbocycles. The number of aryl methyl sites for hydroxylation is 1. The number of halogens is 2. The Balaban J connectivity index is 2.32. The molecule has 0 aliphatic rings. The van der Waals surface area contributed by atoms with Crippen molar-refractivity contribution in [3.63, 3.8) is 0 Å². The van der Waals surface area contributed by atoms with Crippen LogP contribution < -0.4 is 5.43 Å². The van der Waals surface area contributed by atoms with Crippen molar-refractivity contribution in [2.24, 2.45) is 0 Å². The molecule has 0 aliphatic heterocycles. The minimum atomic E-state index is -4.01. The van der Waals surface area contributed by atoms with E-state index in [1.165, 1.54) is 30.3 Å². The average Bonchev–Trinajstić information content (AvgIpc) is 2.48. The zero-order valence-corrected chi connectivity index (χ0v) is 13.8. The van der Waals surface area contributed by atoms with E-state index in [1.807, 2.05) is 6.92 Å². The molecule has 8 heteroatoms. The first-order valence-electron chi connectivity index (χ1n) is 6.12. The van der Waals surface area contributed by atoms with Crippen LogP contribution >= 0.6 is 23.2 Å². The van der Waals surface area contributed by atoms with Gasteiger partial charge in [-0.2, -0.15) is 8.42 Å². The number of hydrogen-bond donors (Lipinski definition) is 1. The maximum atomic E-state index is 12.4. The van der Waals surface area contributed by atoms with Crippen molar-refractivity contribution in [3.8, 4) is 0 Å². The van der Waals surface area contributed by atoms with Crippen molar-refractivity contribution in [1.82, 2.24) is 4.41 Å². The summed E-state index contributed by atoms with van der Waals surface area (Å²) in [7, 11) is -4.01. The first-order chi connectivity index (χ1) is 10.3. The van der Waals surface area contributed by atoms with Crippen LogP contribution in [0.4, 0.5) is 5.69 Å². The second-order valence-electron chi connectivity index (χ2n) is 4.46. The highest BCUT2D eigenvalue weighted by Gasteiger charge is 2.23. The van der Waals surface area contributed by atoms with Gasteiger partial charge in [0.05, 0.1) is 20.6 Å². The van der Waals surface area contributed by atoms with Gasteiger partial charge >= 0.3 is 0 Å². The molecular formula is C14H12Cl2N2O3S. The molecule has 1 amide bonds. The van der Waals surface area contributed by atoms with E-state index >= 15 is 0 Å². The molecule has 0 radical (unpaired) electrons. The fraction of sp³-hybridized carbons (Fsp3) is 0.0714. The normalized spacial score (nSPS) is 11.0. The topological polar surface area (TPSA) is 66.5 Å². The van der Waals surface area contributed by atoms with Crippen molar-refractivity contribution >= 4 is 45.3 Å². The third-order valence-electron chi connectivity index (χ3n) is 2.83. The van der Waals surface area contributed by atoms with Crippen LogP contribution in [0, 0.1) is 6.92 Å². The zero-order valence-electron chi connectivity index (χ0n) is 11.5. The van der Waals surface area contributed by atoms with E-state index < -0.39 is 10.0 Å². The molecule has 0 unspecified atom stereocenters. The van der Waals surface area contributed by atoms with Crippen molar-refractivity contribution in [1.29, 1.82) is 0 Å². The molecule has 5 nitrogen and oxygen atoms in total. The van der Waals surface area contributed by atoms with Crippen LogP contribution in [0.15, 0.2) is 47.4 Å². The molecule has 0 heterocycles. The van der Waals surface area contributed by atoms with Gasteiger partial charge in [0.1, 0.15) is 0 Å². The molecule has 0 atom stereocenters. The van der Waals surface area contributed by atoms with E-state index in [0.717, 1.165) is 5.56 Å². The summed E-state index contributed by atoms with van der Waals surface area (Å²) in [6.45, 7) is 1.84. The fourth-order valence-electron chi connectivity index (χ4n) is 1.66. The van der Waals surface area contributed by atoms with E-state index in [2.05, 4.69) is 5.43 Å². The Hall–Kier alpha value is -1.76. The lowest BCUT2D eigenvalue weighted by Crippen LogP contribution is -2.35. The molecule has 0 fully saturated rings. The molecule has 0 saturated heterocycles. The number of nitrogens with zero attached hydrogens (tertiary/aromatic N) is 1. The van der Waals surface area contributed by atoms with E-state index in [0.29, 0.717) is 15.1 Å². The Morgan fingerprint density at radius 2 is 1.68 bits per heavy atom. The van der Waals surface area contributed by atoms with E-state index in [-0.39, 0.29) is 16.3 Å². The maximum absolute atomic E-state index is 12.4. The van der Waals surface area contributed by atoms with E-state index in [9.17, 15) is 13.2 Å².